The molecule has 7 nitrogen and oxygen atoms in total. The SMILES string of the molecule is CN1C(=O)/C(=C\c2ccc(-c3ccc([N+](=O)[O-])cc3)o2)NC1=S. The van der Waals surface area contributed by atoms with Crippen LogP contribution in [0, 0.1) is 10.1 Å². The number of hydrogen-bond acceptors (Lipinski definition) is 5. The number of benzene rings is 1. The number of likely N-dealkylation sites (N-methyl/N-ethyl adjacent to an activating group) is 1. The summed E-state index contributed by atoms with van der Waals surface area (Å²) in [5.41, 5.74) is 1.06. The molecule has 0 atom stereocenters. The molecule has 1 saturated heterocycles. The zero-order valence-corrected chi connectivity index (χ0v) is 12.8. The molecular formula is C15H11N3O4S. The Kier molecular flexibility index (Phi) is 3.67. The Morgan fingerprint density at radius 1 is 1.26 bits per heavy atom. The number of amides is 1. The number of hydrogen-bond donors (Lipinski definition) is 1. The van der Waals surface area contributed by atoms with Crippen LogP contribution in [0.3, 0.4) is 0 Å². The highest BCUT2D eigenvalue weighted by molar-refractivity contribution is 7.80. The molecule has 0 bridgehead atoms. The molecule has 2 aromatic rings. The van der Waals surface area contributed by atoms with E-state index in [1.807, 2.05) is 0 Å². The summed E-state index contributed by atoms with van der Waals surface area (Å²) >= 11 is 4.99. The van der Waals surface area contributed by atoms with Crippen LogP contribution in [-0.2, 0) is 4.79 Å². The van der Waals surface area contributed by atoms with Crippen LogP contribution < -0.4 is 5.32 Å². The molecule has 1 N–H and O–H groups in total. The third-order valence-corrected chi connectivity index (χ3v) is 3.73. The van der Waals surface area contributed by atoms with Crippen LogP contribution in [0.2, 0.25) is 0 Å². The number of furan rings is 1. The summed E-state index contributed by atoms with van der Waals surface area (Å²) < 4.78 is 5.65. The number of rotatable bonds is 3. The van der Waals surface area contributed by atoms with Gasteiger partial charge in [-0.25, -0.2) is 0 Å². The topological polar surface area (TPSA) is 88.6 Å². The van der Waals surface area contributed by atoms with Crippen LogP contribution in [0.4, 0.5) is 5.69 Å². The predicted molar refractivity (Wildman–Crippen MR) is 87.3 cm³/mol. The monoisotopic (exact) mass is 329 g/mol. The van der Waals surface area contributed by atoms with E-state index in [0.29, 0.717) is 27.9 Å². The smallest absolute Gasteiger partial charge is 0.276 e. The van der Waals surface area contributed by atoms with Crippen LogP contribution >= 0.6 is 12.2 Å². The van der Waals surface area contributed by atoms with Gasteiger partial charge in [-0.1, -0.05) is 0 Å². The predicted octanol–water partition coefficient (Wildman–Crippen LogP) is 2.54. The number of nitro groups is 1. The van der Waals surface area contributed by atoms with Crippen LogP contribution in [-0.4, -0.2) is 27.9 Å². The lowest BCUT2D eigenvalue weighted by molar-refractivity contribution is -0.384. The van der Waals surface area contributed by atoms with Crippen molar-refractivity contribution in [2.24, 2.45) is 0 Å². The van der Waals surface area contributed by atoms with Crippen LogP contribution in [0.15, 0.2) is 46.5 Å². The number of thiocarbonyl (C=S) groups is 1. The Hall–Kier alpha value is -3.00. The average molecular weight is 329 g/mol. The molecule has 1 aliphatic rings. The van der Waals surface area contributed by atoms with E-state index in [0.717, 1.165) is 0 Å². The van der Waals surface area contributed by atoms with E-state index in [9.17, 15) is 14.9 Å². The second-order valence-electron chi connectivity index (χ2n) is 4.86. The van der Waals surface area contributed by atoms with Gasteiger partial charge in [0.1, 0.15) is 17.2 Å². The van der Waals surface area contributed by atoms with Crippen molar-refractivity contribution in [3.05, 3.63) is 58.0 Å². The largest absolute Gasteiger partial charge is 0.457 e. The van der Waals surface area contributed by atoms with Gasteiger partial charge in [-0.3, -0.25) is 19.8 Å². The maximum Gasteiger partial charge on any atom is 0.276 e. The lowest BCUT2D eigenvalue weighted by Gasteiger charge is -2.02. The van der Waals surface area contributed by atoms with Gasteiger partial charge < -0.3 is 9.73 Å². The molecule has 0 unspecified atom stereocenters. The van der Waals surface area contributed by atoms with Crippen molar-refractivity contribution in [2.45, 2.75) is 0 Å². The average Bonchev–Trinajstić information content (AvgIpc) is 3.09. The van der Waals surface area contributed by atoms with Gasteiger partial charge in [0.2, 0.25) is 0 Å². The molecule has 0 radical (unpaired) electrons. The molecule has 1 aromatic heterocycles. The fraction of sp³-hybridized carbons (Fsp3) is 0.0667. The number of carbonyl (C=O) groups is 1. The maximum absolute atomic E-state index is 11.9. The van der Waals surface area contributed by atoms with Gasteiger partial charge in [-0.05, 0) is 36.5 Å². The second kappa shape index (κ2) is 5.65. The highest BCUT2D eigenvalue weighted by Gasteiger charge is 2.27. The van der Waals surface area contributed by atoms with Crippen molar-refractivity contribution >= 4 is 35.0 Å². The minimum atomic E-state index is -0.460. The molecule has 1 aliphatic heterocycles. The van der Waals surface area contributed by atoms with Crippen molar-refractivity contribution in [3.63, 3.8) is 0 Å². The first-order valence-corrected chi connectivity index (χ1v) is 7.02. The highest BCUT2D eigenvalue weighted by atomic mass is 32.1. The maximum atomic E-state index is 11.9. The number of nitro benzene ring substituents is 1. The Labute approximate surface area is 136 Å². The third-order valence-electron chi connectivity index (χ3n) is 3.36. The molecule has 3 rings (SSSR count). The summed E-state index contributed by atoms with van der Waals surface area (Å²) in [6.07, 6.45) is 1.56. The minimum Gasteiger partial charge on any atom is -0.457 e. The van der Waals surface area contributed by atoms with Gasteiger partial charge in [0.25, 0.3) is 11.6 Å². The van der Waals surface area contributed by atoms with Gasteiger partial charge in [0.05, 0.1) is 4.92 Å². The number of nitrogens with zero attached hydrogens (tertiary/aromatic N) is 2. The van der Waals surface area contributed by atoms with Gasteiger partial charge in [-0.2, -0.15) is 0 Å². The molecular weight excluding hydrogens is 318 g/mol. The minimum absolute atomic E-state index is 0.0138. The van der Waals surface area contributed by atoms with Crippen LogP contribution in [0.5, 0.6) is 0 Å². The summed E-state index contributed by atoms with van der Waals surface area (Å²) in [7, 11) is 1.59. The van der Waals surface area contributed by atoms with E-state index >= 15 is 0 Å². The zero-order chi connectivity index (χ0) is 16.6. The molecule has 1 aromatic carbocycles. The summed E-state index contributed by atoms with van der Waals surface area (Å²) in [4.78, 5) is 23.4. The molecule has 0 spiro atoms. The molecule has 23 heavy (non-hydrogen) atoms. The molecule has 116 valence electrons. The van der Waals surface area contributed by atoms with Crippen molar-refractivity contribution in [1.82, 2.24) is 10.2 Å². The van der Waals surface area contributed by atoms with Crippen molar-refractivity contribution < 1.29 is 14.1 Å². The second-order valence-corrected chi connectivity index (χ2v) is 5.25. The first-order valence-electron chi connectivity index (χ1n) is 6.61. The lowest BCUT2D eigenvalue weighted by Crippen LogP contribution is -2.25. The Balaban J connectivity index is 1.85. The first kappa shape index (κ1) is 14.9. The lowest BCUT2D eigenvalue weighted by atomic mass is 10.1. The van der Waals surface area contributed by atoms with Gasteiger partial charge in [0, 0.05) is 30.8 Å². The van der Waals surface area contributed by atoms with E-state index < -0.39 is 4.92 Å². The molecule has 0 aliphatic carbocycles. The first-order chi connectivity index (χ1) is 11.0. The van der Waals surface area contributed by atoms with Gasteiger partial charge >= 0.3 is 0 Å². The summed E-state index contributed by atoms with van der Waals surface area (Å²) in [6, 6.07) is 9.47. The molecule has 2 heterocycles. The fourth-order valence-electron chi connectivity index (χ4n) is 2.10. The van der Waals surface area contributed by atoms with Crippen LogP contribution in [0.1, 0.15) is 5.76 Å². The van der Waals surface area contributed by atoms with Crippen molar-refractivity contribution in [3.8, 4) is 11.3 Å². The van der Waals surface area contributed by atoms with E-state index in [1.165, 1.54) is 17.0 Å². The standard InChI is InChI=1S/C15H11N3O4S/c1-17-14(19)12(16-15(17)23)8-11-6-7-13(22-11)9-2-4-10(5-3-9)18(20)21/h2-8H,1H3,(H,16,23)/b12-8+. The number of carbonyl (C=O) groups excluding carboxylic acids is 1. The van der Waals surface area contributed by atoms with E-state index in [4.69, 9.17) is 16.6 Å². The molecule has 1 fully saturated rings. The number of non-ortho nitro benzene ring substituents is 1. The van der Waals surface area contributed by atoms with Crippen molar-refractivity contribution in [1.29, 1.82) is 0 Å². The Bertz CT molecular complexity index is 839. The highest BCUT2D eigenvalue weighted by Crippen LogP contribution is 2.25. The summed E-state index contributed by atoms with van der Waals surface area (Å²) in [6.45, 7) is 0. The van der Waals surface area contributed by atoms with Crippen LogP contribution in [0.25, 0.3) is 17.4 Å². The summed E-state index contributed by atoms with van der Waals surface area (Å²) in [5.74, 6) is 0.795. The van der Waals surface area contributed by atoms with E-state index in [-0.39, 0.29) is 11.6 Å². The van der Waals surface area contributed by atoms with E-state index in [2.05, 4.69) is 5.32 Å². The quantitative estimate of drug-likeness (QED) is 0.403. The normalized spacial score (nSPS) is 16.0. The zero-order valence-electron chi connectivity index (χ0n) is 12.0. The molecule has 1 amide bonds. The van der Waals surface area contributed by atoms with Crippen molar-refractivity contribution in [2.75, 3.05) is 7.05 Å². The Morgan fingerprint density at radius 3 is 2.52 bits per heavy atom. The fourth-order valence-corrected chi connectivity index (χ4v) is 2.29. The van der Waals surface area contributed by atoms with Gasteiger partial charge in [0.15, 0.2) is 5.11 Å². The van der Waals surface area contributed by atoms with Gasteiger partial charge in [-0.15, -0.1) is 0 Å². The Morgan fingerprint density at radius 2 is 1.96 bits per heavy atom. The summed E-state index contributed by atoms with van der Waals surface area (Å²) in [5, 5.41) is 13.8. The van der Waals surface area contributed by atoms with E-state index in [1.54, 1.807) is 37.4 Å². The molecule has 8 heteroatoms. The molecule has 0 saturated carbocycles. The third kappa shape index (κ3) is 2.84. The number of nitrogens with one attached hydrogen (secondary N) is 1.